The molecule has 160 valence electrons. The normalized spacial score (nSPS) is 19.0. The first-order chi connectivity index (χ1) is 15.2. The molecule has 4 rings (SSSR count). The largest absolute Gasteiger partial charge is 0.487 e. The van der Waals surface area contributed by atoms with Crippen LogP contribution in [-0.4, -0.2) is 40.9 Å². The minimum atomic E-state index is -0.624. The molecule has 0 spiro atoms. The maximum atomic E-state index is 13.0. The Balaban J connectivity index is 1.47. The fraction of sp³-hybridized carbons (Fsp3) is 0.320. The molecule has 1 aromatic carbocycles. The van der Waals surface area contributed by atoms with E-state index in [0.29, 0.717) is 13.2 Å². The zero-order valence-corrected chi connectivity index (χ0v) is 17.8. The summed E-state index contributed by atoms with van der Waals surface area (Å²) in [6, 6.07) is 19.8. The molecular formula is C25H28N4O2. The number of hydrogen-bond donors (Lipinski definition) is 1. The molecule has 1 aliphatic heterocycles. The van der Waals surface area contributed by atoms with E-state index < -0.39 is 5.41 Å². The second-order valence-electron chi connectivity index (χ2n) is 7.95. The Labute approximate surface area is 183 Å². The summed E-state index contributed by atoms with van der Waals surface area (Å²) in [6.07, 6.45) is 5.28. The van der Waals surface area contributed by atoms with Crippen molar-refractivity contribution in [3.63, 3.8) is 0 Å². The van der Waals surface area contributed by atoms with E-state index in [9.17, 15) is 4.79 Å². The van der Waals surface area contributed by atoms with Crippen LogP contribution in [0.2, 0.25) is 0 Å². The number of pyridine rings is 2. The monoisotopic (exact) mass is 416 g/mol. The van der Waals surface area contributed by atoms with Gasteiger partial charge in [-0.1, -0.05) is 24.3 Å². The summed E-state index contributed by atoms with van der Waals surface area (Å²) in [7, 11) is 1.70. The molecule has 1 fully saturated rings. The van der Waals surface area contributed by atoms with Gasteiger partial charge in [0, 0.05) is 32.5 Å². The molecule has 3 aromatic rings. The number of likely N-dealkylation sites (N-methyl/N-ethyl adjacent to an activating group) is 1. The Hall–Kier alpha value is -3.25. The molecule has 1 atom stereocenters. The molecule has 2 aromatic heterocycles. The van der Waals surface area contributed by atoms with Crippen molar-refractivity contribution < 1.29 is 9.53 Å². The van der Waals surface area contributed by atoms with Gasteiger partial charge in [-0.05, 0) is 61.3 Å². The maximum Gasteiger partial charge on any atom is 0.233 e. The molecule has 31 heavy (non-hydrogen) atoms. The van der Waals surface area contributed by atoms with E-state index >= 15 is 0 Å². The van der Waals surface area contributed by atoms with E-state index in [2.05, 4.69) is 32.3 Å². The van der Waals surface area contributed by atoms with Crippen LogP contribution in [-0.2, 0) is 23.4 Å². The summed E-state index contributed by atoms with van der Waals surface area (Å²) in [5.74, 6) is 0.853. The highest BCUT2D eigenvalue weighted by Crippen LogP contribution is 2.34. The van der Waals surface area contributed by atoms with Crippen LogP contribution in [0.5, 0.6) is 5.75 Å². The molecule has 0 bridgehead atoms. The number of carbonyl (C=O) groups is 1. The van der Waals surface area contributed by atoms with Crippen molar-refractivity contribution in [2.75, 3.05) is 20.1 Å². The van der Waals surface area contributed by atoms with Gasteiger partial charge in [-0.2, -0.15) is 0 Å². The van der Waals surface area contributed by atoms with Crippen LogP contribution in [0.3, 0.4) is 0 Å². The summed E-state index contributed by atoms with van der Waals surface area (Å²) in [4.78, 5) is 24.1. The number of ether oxygens (including phenoxy) is 1. The Bertz CT molecular complexity index is 997. The predicted molar refractivity (Wildman–Crippen MR) is 120 cm³/mol. The fourth-order valence-electron chi connectivity index (χ4n) is 4.31. The van der Waals surface area contributed by atoms with Crippen molar-refractivity contribution in [2.45, 2.75) is 31.4 Å². The summed E-state index contributed by atoms with van der Waals surface area (Å²) >= 11 is 0. The van der Waals surface area contributed by atoms with Crippen LogP contribution >= 0.6 is 0 Å². The summed E-state index contributed by atoms with van der Waals surface area (Å²) in [6.45, 7) is 2.78. The standard InChI is InChI=1S/C25H28N4O2/c1-26-24(30)25(23-11-3-5-14-28-23)12-7-15-29(19-25)17-20-8-6-10-22(16-20)31-18-21-9-2-4-13-27-21/h2-6,8-11,13-14,16H,7,12,15,17-19H2,1H3,(H,26,30). The number of aromatic nitrogens is 2. The van der Waals surface area contributed by atoms with E-state index in [4.69, 9.17) is 4.74 Å². The van der Waals surface area contributed by atoms with E-state index in [1.54, 1.807) is 19.4 Å². The highest BCUT2D eigenvalue weighted by atomic mass is 16.5. The zero-order chi connectivity index (χ0) is 21.5. The number of carbonyl (C=O) groups excluding carboxylic acids is 1. The lowest BCUT2D eigenvalue weighted by atomic mass is 9.75. The number of benzene rings is 1. The van der Waals surface area contributed by atoms with Crippen molar-refractivity contribution in [3.05, 3.63) is 90.0 Å². The third kappa shape index (κ3) is 4.91. The zero-order valence-electron chi connectivity index (χ0n) is 17.8. The van der Waals surface area contributed by atoms with Crippen molar-refractivity contribution >= 4 is 5.91 Å². The third-order valence-electron chi connectivity index (χ3n) is 5.81. The minimum Gasteiger partial charge on any atom is -0.487 e. The van der Waals surface area contributed by atoms with Crippen LogP contribution in [0.25, 0.3) is 0 Å². The third-order valence-corrected chi connectivity index (χ3v) is 5.81. The molecule has 6 nitrogen and oxygen atoms in total. The lowest BCUT2D eigenvalue weighted by Crippen LogP contribution is -2.54. The van der Waals surface area contributed by atoms with Gasteiger partial charge in [0.05, 0.1) is 11.4 Å². The summed E-state index contributed by atoms with van der Waals surface area (Å²) in [5.41, 5.74) is 2.27. The van der Waals surface area contributed by atoms with Crippen molar-refractivity contribution in [1.82, 2.24) is 20.2 Å². The van der Waals surface area contributed by atoms with E-state index in [1.807, 2.05) is 48.5 Å². The molecular weight excluding hydrogens is 388 g/mol. The lowest BCUT2D eigenvalue weighted by Gasteiger charge is -2.41. The number of amides is 1. The maximum absolute atomic E-state index is 13.0. The van der Waals surface area contributed by atoms with Crippen molar-refractivity contribution in [2.24, 2.45) is 0 Å². The average Bonchev–Trinajstić information content (AvgIpc) is 2.84. The Morgan fingerprint density at radius 3 is 2.68 bits per heavy atom. The molecule has 0 aliphatic carbocycles. The Kier molecular flexibility index (Phi) is 6.57. The van der Waals surface area contributed by atoms with Gasteiger partial charge in [0.2, 0.25) is 5.91 Å². The molecule has 6 heteroatoms. The number of piperidine rings is 1. The fourth-order valence-corrected chi connectivity index (χ4v) is 4.31. The van der Waals surface area contributed by atoms with E-state index in [1.165, 1.54) is 0 Å². The van der Waals surface area contributed by atoms with Gasteiger partial charge in [-0.25, -0.2) is 0 Å². The first-order valence-electron chi connectivity index (χ1n) is 10.7. The highest BCUT2D eigenvalue weighted by Gasteiger charge is 2.44. The quantitative estimate of drug-likeness (QED) is 0.640. The SMILES string of the molecule is CNC(=O)C1(c2ccccn2)CCCN(Cc2cccc(OCc3ccccn3)c2)C1. The Morgan fingerprint density at radius 1 is 1.10 bits per heavy atom. The van der Waals surface area contributed by atoms with E-state index in [0.717, 1.165) is 48.6 Å². The van der Waals surface area contributed by atoms with Crippen LogP contribution in [0, 0.1) is 0 Å². The van der Waals surface area contributed by atoms with Gasteiger partial charge in [0.15, 0.2) is 0 Å². The molecule has 1 unspecified atom stereocenters. The average molecular weight is 417 g/mol. The highest BCUT2D eigenvalue weighted by molar-refractivity contribution is 5.88. The topological polar surface area (TPSA) is 67.4 Å². The smallest absolute Gasteiger partial charge is 0.233 e. The first-order valence-corrected chi connectivity index (χ1v) is 10.7. The number of likely N-dealkylation sites (tertiary alicyclic amines) is 1. The second kappa shape index (κ2) is 9.71. The summed E-state index contributed by atoms with van der Waals surface area (Å²) in [5, 5.41) is 2.87. The lowest BCUT2D eigenvalue weighted by molar-refractivity contribution is -0.128. The molecule has 1 aliphatic rings. The molecule has 1 N–H and O–H groups in total. The van der Waals surface area contributed by atoms with Gasteiger partial charge in [0.25, 0.3) is 0 Å². The second-order valence-corrected chi connectivity index (χ2v) is 7.95. The van der Waals surface area contributed by atoms with Crippen molar-refractivity contribution in [3.8, 4) is 5.75 Å². The molecule has 0 radical (unpaired) electrons. The predicted octanol–water partition coefficient (Wildman–Crippen LogP) is 3.34. The first kappa shape index (κ1) is 21.0. The molecule has 3 heterocycles. The van der Waals surface area contributed by atoms with Gasteiger partial charge >= 0.3 is 0 Å². The summed E-state index contributed by atoms with van der Waals surface area (Å²) < 4.78 is 5.93. The number of hydrogen-bond acceptors (Lipinski definition) is 5. The number of nitrogens with zero attached hydrogens (tertiary/aromatic N) is 3. The van der Waals surface area contributed by atoms with Crippen LogP contribution in [0.15, 0.2) is 73.1 Å². The van der Waals surface area contributed by atoms with Gasteiger partial charge in [0.1, 0.15) is 17.8 Å². The van der Waals surface area contributed by atoms with Gasteiger partial charge in [-0.15, -0.1) is 0 Å². The number of nitrogens with one attached hydrogen (secondary N) is 1. The Morgan fingerprint density at radius 2 is 1.94 bits per heavy atom. The number of rotatable bonds is 7. The molecule has 0 saturated carbocycles. The van der Waals surface area contributed by atoms with Crippen LogP contribution < -0.4 is 10.1 Å². The minimum absolute atomic E-state index is 0.0309. The van der Waals surface area contributed by atoms with Crippen LogP contribution in [0.1, 0.15) is 29.8 Å². The molecule has 1 saturated heterocycles. The van der Waals surface area contributed by atoms with Gasteiger partial charge < -0.3 is 10.1 Å². The van der Waals surface area contributed by atoms with Crippen molar-refractivity contribution in [1.29, 1.82) is 0 Å². The van der Waals surface area contributed by atoms with Gasteiger partial charge in [-0.3, -0.25) is 19.7 Å². The van der Waals surface area contributed by atoms with Crippen LogP contribution in [0.4, 0.5) is 0 Å². The van der Waals surface area contributed by atoms with E-state index in [-0.39, 0.29) is 5.91 Å². The molecule has 1 amide bonds.